The molecule has 3 unspecified atom stereocenters. The molecule has 1 heterocycles. The number of rotatable bonds is 4. The lowest BCUT2D eigenvalue weighted by molar-refractivity contribution is 0.0118. The van der Waals surface area contributed by atoms with Crippen molar-refractivity contribution >= 4 is 0 Å². The van der Waals surface area contributed by atoms with Crippen LogP contribution in [-0.4, -0.2) is 43.3 Å². The molecule has 1 saturated heterocycles. The smallest absolute Gasteiger partial charge is 0.0480 e. The van der Waals surface area contributed by atoms with E-state index in [-0.39, 0.29) is 0 Å². The molecular formula is C15H30N2O. The molecule has 3 heteroatoms. The highest BCUT2D eigenvalue weighted by Crippen LogP contribution is 2.31. The van der Waals surface area contributed by atoms with Crippen molar-refractivity contribution in [3.8, 4) is 0 Å². The van der Waals surface area contributed by atoms with E-state index in [0.717, 1.165) is 19.1 Å². The first-order valence-corrected chi connectivity index (χ1v) is 7.77. The Balaban J connectivity index is 1.91. The molecule has 0 spiro atoms. The monoisotopic (exact) mass is 254 g/mol. The molecule has 0 bridgehead atoms. The molecule has 0 radical (unpaired) electrons. The van der Waals surface area contributed by atoms with Gasteiger partial charge in [-0.25, -0.2) is 0 Å². The van der Waals surface area contributed by atoms with Crippen LogP contribution >= 0.6 is 0 Å². The molecule has 3 nitrogen and oxygen atoms in total. The first-order chi connectivity index (χ1) is 8.72. The standard InChI is InChI=1S/C15H30N2O/c1-3-4-12-5-6-14(16)15(11-12)17(2)13-7-9-18-10-8-13/h12-15H,3-11,16H2,1-2H3. The molecular weight excluding hydrogens is 224 g/mol. The molecule has 106 valence electrons. The Morgan fingerprint density at radius 1 is 1.17 bits per heavy atom. The highest BCUT2D eigenvalue weighted by molar-refractivity contribution is 4.91. The Bertz CT molecular complexity index is 241. The number of nitrogens with two attached hydrogens (primary N) is 1. The fourth-order valence-corrected chi connectivity index (χ4v) is 3.76. The van der Waals surface area contributed by atoms with Crippen LogP contribution in [0.15, 0.2) is 0 Å². The first kappa shape index (κ1) is 14.3. The molecule has 18 heavy (non-hydrogen) atoms. The summed E-state index contributed by atoms with van der Waals surface area (Å²) in [6, 6.07) is 1.67. The van der Waals surface area contributed by atoms with Crippen LogP contribution in [0.5, 0.6) is 0 Å². The zero-order chi connectivity index (χ0) is 13.0. The van der Waals surface area contributed by atoms with Gasteiger partial charge < -0.3 is 10.5 Å². The topological polar surface area (TPSA) is 38.5 Å². The second-order valence-corrected chi connectivity index (χ2v) is 6.21. The maximum atomic E-state index is 6.37. The van der Waals surface area contributed by atoms with Crippen molar-refractivity contribution in [2.24, 2.45) is 11.7 Å². The quantitative estimate of drug-likeness (QED) is 0.837. The number of hydrogen-bond acceptors (Lipinski definition) is 3. The van der Waals surface area contributed by atoms with E-state index in [1.165, 1.54) is 44.9 Å². The van der Waals surface area contributed by atoms with Crippen molar-refractivity contribution in [3.63, 3.8) is 0 Å². The molecule has 0 amide bonds. The number of ether oxygens (including phenoxy) is 1. The van der Waals surface area contributed by atoms with Gasteiger partial charge in [0, 0.05) is 31.3 Å². The Kier molecular flexibility index (Phi) is 5.46. The van der Waals surface area contributed by atoms with Crippen LogP contribution in [-0.2, 0) is 4.74 Å². The summed E-state index contributed by atoms with van der Waals surface area (Å²) in [5.74, 6) is 0.905. The Hall–Kier alpha value is -0.120. The summed E-state index contributed by atoms with van der Waals surface area (Å²) in [5.41, 5.74) is 6.37. The highest BCUT2D eigenvalue weighted by atomic mass is 16.5. The third-order valence-corrected chi connectivity index (χ3v) is 4.96. The lowest BCUT2D eigenvalue weighted by Gasteiger charge is -2.44. The molecule has 1 saturated carbocycles. The van der Waals surface area contributed by atoms with Crippen LogP contribution < -0.4 is 5.73 Å². The van der Waals surface area contributed by atoms with Crippen molar-refractivity contribution < 1.29 is 4.74 Å². The molecule has 2 N–H and O–H groups in total. The van der Waals surface area contributed by atoms with Crippen LogP contribution in [0.2, 0.25) is 0 Å². The van der Waals surface area contributed by atoms with E-state index < -0.39 is 0 Å². The van der Waals surface area contributed by atoms with Crippen LogP contribution in [0.1, 0.15) is 51.9 Å². The third-order valence-electron chi connectivity index (χ3n) is 4.96. The number of likely N-dealkylation sites (N-methyl/N-ethyl adjacent to an activating group) is 1. The van der Waals surface area contributed by atoms with Gasteiger partial charge in [0.2, 0.25) is 0 Å². The third kappa shape index (κ3) is 3.46. The maximum Gasteiger partial charge on any atom is 0.0480 e. The molecule has 0 aromatic rings. The Morgan fingerprint density at radius 2 is 1.89 bits per heavy atom. The van der Waals surface area contributed by atoms with Crippen LogP contribution in [0.3, 0.4) is 0 Å². The van der Waals surface area contributed by atoms with E-state index in [0.29, 0.717) is 18.1 Å². The zero-order valence-corrected chi connectivity index (χ0v) is 12.1. The molecule has 2 rings (SSSR count). The van der Waals surface area contributed by atoms with Gasteiger partial charge in [-0.1, -0.05) is 19.8 Å². The van der Waals surface area contributed by atoms with Gasteiger partial charge in [0.1, 0.15) is 0 Å². The predicted molar refractivity (Wildman–Crippen MR) is 75.6 cm³/mol. The molecule has 1 aliphatic heterocycles. The summed E-state index contributed by atoms with van der Waals surface area (Å²) < 4.78 is 5.47. The zero-order valence-electron chi connectivity index (χ0n) is 12.1. The van der Waals surface area contributed by atoms with Crippen LogP contribution in [0.4, 0.5) is 0 Å². The van der Waals surface area contributed by atoms with Gasteiger partial charge in [-0.05, 0) is 45.1 Å². The lowest BCUT2D eigenvalue weighted by atomic mass is 9.79. The molecule has 2 aliphatic rings. The summed E-state index contributed by atoms with van der Waals surface area (Å²) >= 11 is 0. The largest absolute Gasteiger partial charge is 0.381 e. The van der Waals surface area contributed by atoms with Gasteiger partial charge in [-0.2, -0.15) is 0 Å². The van der Waals surface area contributed by atoms with Crippen molar-refractivity contribution in [2.75, 3.05) is 20.3 Å². The first-order valence-electron chi connectivity index (χ1n) is 7.77. The van der Waals surface area contributed by atoms with Crippen molar-refractivity contribution in [2.45, 2.75) is 70.0 Å². The second-order valence-electron chi connectivity index (χ2n) is 6.21. The molecule has 1 aliphatic carbocycles. The normalized spacial score (nSPS) is 35.0. The van der Waals surface area contributed by atoms with E-state index in [4.69, 9.17) is 10.5 Å². The average Bonchev–Trinajstić information content (AvgIpc) is 2.41. The van der Waals surface area contributed by atoms with Crippen LogP contribution in [0.25, 0.3) is 0 Å². The van der Waals surface area contributed by atoms with Gasteiger partial charge in [0.15, 0.2) is 0 Å². The van der Waals surface area contributed by atoms with Crippen LogP contribution in [0, 0.1) is 5.92 Å². The second kappa shape index (κ2) is 6.88. The maximum absolute atomic E-state index is 6.37. The minimum atomic E-state index is 0.381. The fraction of sp³-hybridized carbons (Fsp3) is 1.00. The van der Waals surface area contributed by atoms with E-state index in [2.05, 4.69) is 18.9 Å². The minimum absolute atomic E-state index is 0.381. The van der Waals surface area contributed by atoms with Gasteiger partial charge >= 0.3 is 0 Å². The molecule has 0 aromatic carbocycles. The number of hydrogen-bond donors (Lipinski definition) is 1. The minimum Gasteiger partial charge on any atom is -0.381 e. The summed E-state index contributed by atoms with van der Waals surface area (Å²) in [6.45, 7) is 4.15. The summed E-state index contributed by atoms with van der Waals surface area (Å²) in [4.78, 5) is 2.58. The predicted octanol–water partition coefficient (Wildman–Crippen LogP) is 2.39. The van der Waals surface area contributed by atoms with Gasteiger partial charge in [0.25, 0.3) is 0 Å². The lowest BCUT2D eigenvalue weighted by Crippen LogP contribution is -2.54. The average molecular weight is 254 g/mol. The molecule has 3 atom stereocenters. The summed E-state index contributed by atoms with van der Waals surface area (Å²) in [6.07, 6.45) is 8.91. The molecule has 0 aromatic heterocycles. The van der Waals surface area contributed by atoms with Crippen molar-refractivity contribution in [1.29, 1.82) is 0 Å². The SMILES string of the molecule is CCCC1CCC(N)C(N(C)C2CCOCC2)C1. The van der Waals surface area contributed by atoms with E-state index >= 15 is 0 Å². The van der Waals surface area contributed by atoms with E-state index in [9.17, 15) is 0 Å². The number of nitrogens with zero attached hydrogens (tertiary/aromatic N) is 1. The fourth-order valence-electron chi connectivity index (χ4n) is 3.76. The van der Waals surface area contributed by atoms with Crippen molar-refractivity contribution in [3.05, 3.63) is 0 Å². The molecule has 2 fully saturated rings. The Morgan fingerprint density at radius 3 is 2.56 bits per heavy atom. The summed E-state index contributed by atoms with van der Waals surface area (Å²) in [7, 11) is 2.29. The van der Waals surface area contributed by atoms with Gasteiger partial charge in [0.05, 0.1) is 0 Å². The summed E-state index contributed by atoms with van der Waals surface area (Å²) in [5, 5.41) is 0. The van der Waals surface area contributed by atoms with Gasteiger partial charge in [-0.15, -0.1) is 0 Å². The Labute approximate surface area is 112 Å². The highest BCUT2D eigenvalue weighted by Gasteiger charge is 2.33. The van der Waals surface area contributed by atoms with Crippen molar-refractivity contribution in [1.82, 2.24) is 4.90 Å². The van der Waals surface area contributed by atoms with Gasteiger partial charge in [-0.3, -0.25) is 4.90 Å². The van der Waals surface area contributed by atoms with E-state index in [1.54, 1.807) is 0 Å². The van der Waals surface area contributed by atoms with E-state index in [1.807, 2.05) is 0 Å².